The van der Waals surface area contributed by atoms with Crippen LogP contribution >= 0.6 is 0 Å². The lowest BCUT2D eigenvalue weighted by atomic mass is 9.84. The van der Waals surface area contributed by atoms with E-state index in [1.807, 2.05) is 18.2 Å². The standard InChI is InChI=1S/C18H27NO2/c1-12-14-8-6-7-9-15(14)21-17(12)13(2)19-16(10-11-20)18(3,4)5/h6-9,13,16,19-20H,10-11H2,1-5H3. The molecule has 2 atom stereocenters. The highest BCUT2D eigenvalue weighted by molar-refractivity contribution is 5.82. The highest BCUT2D eigenvalue weighted by atomic mass is 16.3. The predicted octanol–water partition coefficient (Wildman–Crippen LogP) is 4.19. The van der Waals surface area contributed by atoms with E-state index in [9.17, 15) is 5.11 Å². The van der Waals surface area contributed by atoms with Gasteiger partial charge in [0.1, 0.15) is 11.3 Å². The Kier molecular flexibility index (Phi) is 4.74. The molecule has 0 radical (unpaired) electrons. The summed E-state index contributed by atoms with van der Waals surface area (Å²) in [7, 11) is 0. The minimum Gasteiger partial charge on any atom is -0.459 e. The zero-order valence-electron chi connectivity index (χ0n) is 13.7. The third-order valence-electron chi connectivity index (χ3n) is 4.19. The SMILES string of the molecule is Cc1c(C(C)NC(CCO)C(C)(C)C)oc2ccccc12. The molecule has 0 fully saturated rings. The van der Waals surface area contributed by atoms with Crippen LogP contribution in [0.5, 0.6) is 0 Å². The Morgan fingerprint density at radius 1 is 1.24 bits per heavy atom. The molecule has 116 valence electrons. The van der Waals surface area contributed by atoms with Crippen LogP contribution in [0.15, 0.2) is 28.7 Å². The monoisotopic (exact) mass is 289 g/mol. The quantitative estimate of drug-likeness (QED) is 0.867. The number of fused-ring (bicyclic) bond motifs is 1. The van der Waals surface area contributed by atoms with Crippen LogP contribution in [0.3, 0.4) is 0 Å². The molecule has 1 aromatic carbocycles. The summed E-state index contributed by atoms with van der Waals surface area (Å²) < 4.78 is 6.03. The van der Waals surface area contributed by atoms with Crippen molar-refractivity contribution < 1.29 is 9.52 Å². The van der Waals surface area contributed by atoms with E-state index in [2.05, 4.69) is 46.0 Å². The molecule has 0 amide bonds. The molecule has 2 aromatic rings. The predicted molar refractivity (Wildman–Crippen MR) is 87.4 cm³/mol. The summed E-state index contributed by atoms with van der Waals surface area (Å²) in [5.41, 5.74) is 2.23. The van der Waals surface area contributed by atoms with E-state index in [0.717, 1.165) is 17.8 Å². The van der Waals surface area contributed by atoms with Gasteiger partial charge in [-0.15, -0.1) is 0 Å². The van der Waals surface area contributed by atoms with Crippen molar-refractivity contribution in [1.29, 1.82) is 0 Å². The molecule has 3 nitrogen and oxygen atoms in total. The van der Waals surface area contributed by atoms with E-state index in [0.29, 0.717) is 0 Å². The lowest BCUT2D eigenvalue weighted by Gasteiger charge is -2.33. The van der Waals surface area contributed by atoms with Gasteiger partial charge in [-0.25, -0.2) is 0 Å². The summed E-state index contributed by atoms with van der Waals surface area (Å²) in [6.07, 6.45) is 0.743. The van der Waals surface area contributed by atoms with Gasteiger partial charge in [-0.2, -0.15) is 0 Å². The molecule has 2 rings (SSSR count). The Bertz CT molecular complexity index is 595. The summed E-state index contributed by atoms with van der Waals surface area (Å²) >= 11 is 0. The summed E-state index contributed by atoms with van der Waals surface area (Å²) in [5.74, 6) is 0.989. The van der Waals surface area contributed by atoms with E-state index >= 15 is 0 Å². The molecule has 1 aromatic heterocycles. The van der Waals surface area contributed by atoms with Gasteiger partial charge in [0, 0.05) is 18.0 Å². The third kappa shape index (κ3) is 3.47. The summed E-state index contributed by atoms with van der Waals surface area (Å²) in [4.78, 5) is 0. The fourth-order valence-corrected chi connectivity index (χ4v) is 2.88. The average molecular weight is 289 g/mol. The molecule has 0 saturated heterocycles. The van der Waals surface area contributed by atoms with Crippen molar-refractivity contribution >= 4 is 11.0 Å². The van der Waals surface area contributed by atoms with Gasteiger partial charge in [-0.1, -0.05) is 39.0 Å². The fourth-order valence-electron chi connectivity index (χ4n) is 2.88. The zero-order valence-corrected chi connectivity index (χ0v) is 13.7. The van der Waals surface area contributed by atoms with E-state index in [1.165, 1.54) is 10.9 Å². The zero-order chi connectivity index (χ0) is 15.6. The molecule has 1 heterocycles. The number of furan rings is 1. The number of nitrogens with one attached hydrogen (secondary N) is 1. The van der Waals surface area contributed by atoms with Gasteiger partial charge in [-0.05, 0) is 37.3 Å². The van der Waals surface area contributed by atoms with Crippen LogP contribution in [-0.2, 0) is 0 Å². The summed E-state index contributed by atoms with van der Waals surface area (Å²) in [6, 6.07) is 8.50. The van der Waals surface area contributed by atoms with Crippen molar-refractivity contribution in [2.24, 2.45) is 5.41 Å². The van der Waals surface area contributed by atoms with Gasteiger partial charge in [0.2, 0.25) is 0 Å². The van der Waals surface area contributed by atoms with E-state index in [-0.39, 0.29) is 24.1 Å². The first-order valence-electron chi connectivity index (χ1n) is 7.69. The minimum absolute atomic E-state index is 0.0942. The van der Waals surface area contributed by atoms with Crippen molar-refractivity contribution in [3.63, 3.8) is 0 Å². The number of hydrogen-bond acceptors (Lipinski definition) is 3. The number of hydrogen-bond donors (Lipinski definition) is 2. The van der Waals surface area contributed by atoms with E-state index in [1.54, 1.807) is 0 Å². The molecule has 0 saturated carbocycles. The Hall–Kier alpha value is -1.32. The number of rotatable bonds is 5. The Balaban J connectivity index is 2.25. The maximum Gasteiger partial charge on any atom is 0.134 e. The molecular formula is C18H27NO2. The van der Waals surface area contributed by atoms with Crippen molar-refractivity contribution in [3.05, 3.63) is 35.6 Å². The average Bonchev–Trinajstić information content (AvgIpc) is 2.75. The molecule has 3 heteroatoms. The number of benzene rings is 1. The van der Waals surface area contributed by atoms with Gasteiger partial charge in [0.25, 0.3) is 0 Å². The van der Waals surface area contributed by atoms with Gasteiger partial charge in [0.15, 0.2) is 0 Å². The first-order valence-corrected chi connectivity index (χ1v) is 7.69. The van der Waals surface area contributed by atoms with Gasteiger partial charge < -0.3 is 14.8 Å². The van der Waals surface area contributed by atoms with Crippen LogP contribution in [-0.4, -0.2) is 17.8 Å². The molecule has 0 spiro atoms. The summed E-state index contributed by atoms with van der Waals surface area (Å²) in [5, 5.41) is 14.1. The molecule has 2 unspecified atom stereocenters. The largest absolute Gasteiger partial charge is 0.459 e. The van der Waals surface area contributed by atoms with Crippen LogP contribution in [0.2, 0.25) is 0 Å². The lowest BCUT2D eigenvalue weighted by Crippen LogP contribution is -2.42. The van der Waals surface area contributed by atoms with Crippen LogP contribution in [0, 0.1) is 12.3 Å². The Morgan fingerprint density at radius 2 is 1.90 bits per heavy atom. The van der Waals surface area contributed by atoms with Gasteiger partial charge in [-0.3, -0.25) is 0 Å². The van der Waals surface area contributed by atoms with Crippen molar-refractivity contribution in [2.45, 2.75) is 53.1 Å². The van der Waals surface area contributed by atoms with E-state index in [4.69, 9.17) is 4.42 Å². The topological polar surface area (TPSA) is 45.4 Å². The normalized spacial score (nSPS) is 15.3. The second kappa shape index (κ2) is 6.20. The highest BCUT2D eigenvalue weighted by Crippen LogP contribution is 2.31. The summed E-state index contributed by atoms with van der Waals surface area (Å²) in [6.45, 7) is 11.0. The number of para-hydroxylation sites is 1. The second-order valence-corrected chi connectivity index (χ2v) is 6.91. The maximum absolute atomic E-state index is 9.29. The molecule has 0 aliphatic heterocycles. The lowest BCUT2D eigenvalue weighted by molar-refractivity contribution is 0.184. The van der Waals surface area contributed by atoms with Crippen molar-refractivity contribution in [1.82, 2.24) is 5.32 Å². The Labute approximate surface area is 127 Å². The highest BCUT2D eigenvalue weighted by Gasteiger charge is 2.27. The number of aryl methyl sites for hydroxylation is 1. The van der Waals surface area contributed by atoms with Gasteiger partial charge in [0.05, 0.1) is 6.04 Å². The minimum atomic E-state index is 0.0942. The molecule has 21 heavy (non-hydrogen) atoms. The van der Waals surface area contributed by atoms with Gasteiger partial charge >= 0.3 is 0 Å². The van der Waals surface area contributed by atoms with Crippen LogP contribution in [0.1, 0.15) is 51.5 Å². The van der Waals surface area contributed by atoms with E-state index < -0.39 is 0 Å². The first kappa shape index (κ1) is 16.1. The van der Waals surface area contributed by atoms with Crippen LogP contribution < -0.4 is 5.32 Å². The molecule has 0 aliphatic carbocycles. The fraction of sp³-hybridized carbons (Fsp3) is 0.556. The second-order valence-electron chi connectivity index (χ2n) is 6.91. The number of aliphatic hydroxyl groups is 1. The smallest absolute Gasteiger partial charge is 0.134 e. The van der Waals surface area contributed by atoms with Crippen LogP contribution in [0.4, 0.5) is 0 Å². The molecule has 2 N–H and O–H groups in total. The number of aliphatic hydroxyl groups excluding tert-OH is 1. The first-order chi connectivity index (χ1) is 9.84. The Morgan fingerprint density at radius 3 is 2.48 bits per heavy atom. The van der Waals surface area contributed by atoms with Crippen LogP contribution in [0.25, 0.3) is 11.0 Å². The molecule has 0 bridgehead atoms. The molecule has 0 aliphatic rings. The molecular weight excluding hydrogens is 262 g/mol. The van der Waals surface area contributed by atoms with Crippen molar-refractivity contribution in [3.8, 4) is 0 Å². The van der Waals surface area contributed by atoms with Crippen molar-refractivity contribution in [2.75, 3.05) is 6.61 Å². The third-order valence-corrected chi connectivity index (χ3v) is 4.19. The maximum atomic E-state index is 9.29.